The Morgan fingerprint density at radius 1 is 1.00 bits per heavy atom. The van der Waals surface area contributed by atoms with Gasteiger partial charge in [0, 0.05) is 36.0 Å². The van der Waals surface area contributed by atoms with E-state index in [9.17, 15) is 14.7 Å². The first kappa shape index (κ1) is 16.7. The van der Waals surface area contributed by atoms with Gasteiger partial charge >= 0.3 is 0 Å². The molecule has 4 fully saturated rings. The van der Waals surface area contributed by atoms with Crippen molar-refractivity contribution in [3.8, 4) is 0 Å². The summed E-state index contributed by atoms with van der Waals surface area (Å²) in [4.78, 5) is 25.0. The first-order valence-corrected chi connectivity index (χ1v) is 9.52. The smallest absolute Gasteiger partial charge is 0.177 e. The fourth-order valence-corrected chi connectivity index (χ4v) is 6.98. The normalized spacial score (nSPS) is 57.3. The Morgan fingerprint density at radius 3 is 2.42 bits per heavy atom. The highest BCUT2D eigenvalue weighted by atomic mass is 19.1. The Labute approximate surface area is 143 Å². The fourth-order valence-electron chi connectivity index (χ4n) is 6.98. The maximum absolute atomic E-state index is 16.6. The van der Waals surface area contributed by atoms with E-state index < -0.39 is 22.1 Å². The van der Waals surface area contributed by atoms with Gasteiger partial charge in [0.2, 0.25) is 0 Å². The Balaban J connectivity index is 1.79. The minimum Gasteiger partial charge on any atom is -0.390 e. The minimum absolute atomic E-state index is 0.00443. The molecule has 0 aromatic heterocycles. The Kier molecular flexibility index (Phi) is 3.26. The van der Waals surface area contributed by atoms with Crippen LogP contribution in [0.2, 0.25) is 0 Å². The maximum atomic E-state index is 16.6. The van der Waals surface area contributed by atoms with Gasteiger partial charge in [-0.3, -0.25) is 9.59 Å². The quantitative estimate of drug-likeness (QED) is 0.735. The molecule has 0 radical (unpaired) electrons. The molecule has 0 heterocycles. The van der Waals surface area contributed by atoms with Gasteiger partial charge in [0.25, 0.3) is 0 Å². The summed E-state index contributed by atoms with van der Waals surface area (Å²) in [7, 11) is 0. The number of rotatable bonds is 0. The molecular weight excluding hydrogens is 307 g/mol. The van der Waals surface area contributed by atoms with Crippen molar-refractivity contribution >= 4 is 11.6 Å². The molecule has 4 rings (SSSR count). The molecule has 0 unspecified atom stereocenters. The molecule has 134 valence electrons. The van der Waals surface area contributed by atoms with Gasteiger partial charge in [-0.05, 0) is 50.9 Å². The molecule has 0 aliphatic heterocycles. The van der Waals surface area contributed by atoms with Crippen molar-refractivity contribution < 1.29 is 19.1 Å². The highest BCUT2D eigenvalue weighted by molar-refractivity contribution is 5.91. The number of Topliss-reactive ketones (excluding diaryl/α,β-unsaturated/α-hetero) is 2. The molecule has 0 saturated heterocycles. The molecule has 0 aromatic carbocycles. The van der Waals surface area contributed by atoms with Gasteiger partial charge in [-0.15, -0.1) is 0 Å². The summed E-state index contributed by atoms with van der Waals surface area (Å²) in [5.41, 5.74) is -3.94. The van der Waals surface area contributed by atoms with E-state index >= 15 is 4.39 Å². The average Bonchev–Trinajstić information content (AvgIpc) is 2.72. The van der Waals surface area contributed by atoms with Crippen molar-refractivity contribution in [2.24, 2.45) is 28.6 Å². The standard InChI is InChI=1S/C20H29FO3/c1-17-8-6-13(22)10-12(17)4-5-15-14-7-9-19(3,24)18(14,2)11-16(23)20(15,17)21/h12,14-15,24H,4-11H2,1-3H3/t12-,14+,15+,17-,18-,19-,20-/m0/s1. The molecule has 1 N–H and O–H groups in total. The lowest BCUT2D eigenvalue weighted by Crippen LogP contribution is -2.68. The summed E-state index contributed by atoms with van der Waals surface area (Å²) in [6, 6.07) is 0. The van der Waals surface area contributed by atoms with E-state index in [4.69, 9.17) is 0 Å². The van der Waals surface area contributed by atoms with Crippen LogP contribution in [0.4, 0.5) is 4.39 Å². The van der Waals surface area contributed by atoms with Crippen molar-refractivity contribution in [1.29, 1.82) is 0 Å². The average molecular weight is 336 g/mol. The summed E-state index contributed by atoms with van der Waals surface area (Å²) in [5, 5.41) is 10.9. The van der Waals surface area contributed by atoms with E-state index in [-0.39, 0.29) is 35.7 Å². The van der Waals surface area contributed by atoms with Crippen LogP contribution in [0.5, 0.6) is 0 Å². The molecule has 4 aliphatic carbocycles. The molecule has 0 amide bonds. The molecule has 24 heavy (non-hydrogen) atoms. The van der Waals surface area contributed by atoms with Crippen molar-refractivity contribution in [1.82, 2.24) is 0 Å². The van der Waals surface area contributed by atoms with Crippen LogP contribution in [0.15, 0.2) is 0 Å². The van der Waals surface area contributed by atoms with Gasteiger partial charge in [0.15, 0.2) is 11.5 Å². The Bertz CT molecular complexity index is 614. The number of alkyl halides is 1. The third-order valence-corrected chi connectivity index (χ3v) is 8.88. The van der Waals surface area contributed by atoms with Gasteiger partial charge in [-0.1, -0.05) is 13.8 Å². The van der Waals surface area contributed by atoms with E-state index in [2.05, 4.69) is 0 Å². The number of carbonyl (C=O) groups is 2. The van der Waals surface area contributed by atoms with Gasteiger partial charge in [0.1, 0.15) is 5.78 Å². The summed E-state index contributed by atoms with van der Waals surface area (Å²) in [5.74, 6) is -0.334. The number of carbonyl (C=O) groups excluding carboxylic acids is 2. The van der Waals surface area contributed by atoms with Crippen LogP contribution in [0.1, 0.15) is 72.1 Å². The van der Waals surface area contributed by atoms with Gasteiger partial charge in [-0.2, -0.15) is 0 Å². The van der Waals surface area contributed by atoms with E-state index in [0.717, 1.165) is 12.8 Å². The zero-order chi connectivity index (χ0) is 17.5. The second-order valence-corrected chi connectivity index (χ2v) is 9.69. The van der Waals surface area contributed by atoms with Gasteiger partial charge < -0.3 is 5.11 Å². The Morgan fingerprint density at radius 2 is 1.71 bits per heavy atom. The van der Waals surface area contributed by atoms with Gasteiger partial charge in [0.05, 0.1) is 5.60 Å². The molecule has 0 aromatic rings. The third-order valence-electron chi connectivity index (χ3n) is 8.88. The number of hydrogen-bond donors (Lipinski definition) is 1. The number of aliphatic hydroxyl groups is 1. The molecular formula is C20H29FO3. The maximum Gasteiger partial charge on any atom is 0.177 e. The predicted molar refractivity (Wildman–Crippen MR) is 88.1 cm³/mol. The molecule has 4 aliphatic rings. The molecule has 3 nitrogen and oxygen atoms in total. The summed E-state index contributed by atoms with van der Waals surface area (Å²) in [6.07, 6.45) is 4.41. The summed E-state index contributed by atoms with van der Waals surface area (Å²) < 4.78 is 16.6. The molecule has 4 heteroatoms. The van der Waals surface area contributed by atoms with Crippen LogP contribution >= 0.6 is 0 Å². The van der Waals surface area contributed by atoms with Crippen molar-refractivity contribution in [2.45, 2.75) is 83.4 Å². The predicted octanol–water partition coefficient (Wildman–Crippen LogP) is 3.62. The molecule has 0 bridgehead atoms. The topological polar surface area (TPSA) is 54.4 Å². The number of fused-ring (bicyclic) bond motifs is 5. The van der Waals surface area contributed by atoms with Crippen molar-refractivity contribution in [3.63, 3.8) is 0 Å². The minimum atomic E-state index is -1.82. The number of ketones is 2. The lowest BCUT2D eigenvalue weighted by Gasteiger charge is -2.62. The van der Waals surface area contributed by atoms with Crippen LogP contribution in [-0.2, 0) is 9.59 Å². The Hall–Kier alpha value is -0.770. The van der Waals surface area contributed by atoms with E-state index in [1.165, 1.54) is 0 Å². The van der Waals surface area contributed by atoms with Crippen molar-refractivity contribution in [3.05, 3.63) is 0 Å². The van der Waals surface area contributed by atoms with Crippen LogP contribution in [0.25, 0.3) is 0 Å². The third kappa shape index (κ3) is 1.71. The number of halogens is 1. The lowest BCUT2D eigenvalue weighted by molar-refractivity contribution is -0.205. The molecule has 4 saturated carbocycles. The van der Waals surface area contributed by atoms with Gasteiger partial charge in [-0.25, -0.2) is 4.39 Å². The highest BCUT2D eigenvalue weighted by Gasteiger charge is 2.73. The second-order valence-electron chi connectivity index (χ2n) is 9.69. The first-order chi connectivity index (χ1) is 11.1. The summed E-state index contributed by atoms with van der Waals surface area (Å²) in [6.45, 7) is 5.73. The van der Waals surface area contributed by atoms with Crippen LogP contribution in [0.3, 0.4) is 0 Å². The van der Waals surface area contributed by atoms with E-state index in [1.54, 1.807) is 0 Å². The zero-order valence-corrected chi connectivity index (χ0v) is 15.0. The molecule has 7 atom stereocenters. The van der Waals surface area contributed by atoms with Crippen LogP contribution in [-0.4, -0.2) is 27.9 Å². The zero-order valence-electron chi connectivity index (χ0n) is 15.0. The van der Waals surface area contributed by atoms with Crippen molar-refractivity contribution in [2.75, 3.05) is 0 Å². The monoisotopic (exact) mass is 336 g/mol. The largest absolute Gasteiger partial charge is 0.390 e. The van der Waals surface area contributed by atoms with E-state index in [1.807, 2.05) is 20.8 Å². The lowest BCUT2D eigenvalue weighted by atomic mass is 9.42. The van der Waals surface area contributed by atoms with Crippen LogP contribution in [0, 0.1) is 28.6 Å². The fraction of sp³-hybridized carbons (Fsp3) is 0.900. The first-order valence-electron chi connectivity index (χ1n) is 9.52. The summed E-state index contributed by atoms with van der Waals surface area (Å²) >= 11 is 0. The number of hydrogen-bond acceptors (Lipinski definition) is 3. The molecule has 0 spiro atoms. The van der Waals surface area contributed by atoms with E-state index in [0.29, 0.717) is 32.1 Å². The van der Waals surface area contributed by atoms with Crippen LogP contribution < -0.4 is 0 Å². The highest BCUT2D eigenvalue weighted by Crippen LogP contribution is 2.69. The SMILES string of the molecule is C[C@]1(O)CC[C@@H]2[C@H]3CC[C@H]4CC(=O)CC[C@]4(C)[C@@]3(F)C(=O)C[C@@]21C. The second kappa shape index (κ2) is 4.69.